The average Bonchev–Trinajstić information content (AvgIpc) is 3.30. The summed E-state index contributed by atoms with van der Waals surface area (Å²) >= 11 is 0. The van der Waals surface area contributed by atoms with E-state index in [9.17, 15) is 76.0 Å². The molecule has 13 N–H and O–H groups in total. The number of fused-ring (bicyclic) bond motifs is 1. The molecule has 4 heterocycles. The van der Waals surface area contributed by atoms with Crippen LogP contribution in [0.5, 0.6) is 28.7 Å². The first-order valence-electron chi connectivity index (χ1n) is 20.3. The van der Waals surface area contributed by atoms with Crippen LogP contribution in [-0.2, 0) is 28.5 Å². The second-order valence-electron chi connectivity index (χ2n) is 15.6. The molecule has 4 aromatic rings. The van der Waals surface area contributed by atoms with Crippen molar-refractivity contribution in [3.63, 3.8) is 0 Å². The first kappa shape index (κ1) is 48.5. The van der Waals surface area contributed by atoms with E-state index >= 15 is 0 Å². The smallest absolute Gasteiger partial charge is 0.330 e. The van der Waals surface area contributed by atoms with E-state index in [1.807, 2.05) is 0 Å². The number of carbonyl (C=O) groups excluding carboxylic acids is 1. The molecule has 15 atom stereocenters. The fourth-order valence-corrected chi connectivity index (χ4v) is 7.69. The van der Waals surface area contributed by atoms with Gasteiger partial charge < -0.3 is 104 Å². The van der Waals surface area contributed by atoms with E-state index in [0.717, 1.165) is 18.2 Å². The Hall–Kier alpha value is -5.48. The fourth-order valence-electron chi connectivity index (χ4n) is 7.69. The third-order valence-electron chi connectivity index (χ3n) is 11.4. The number of phenolic OH excluding ortho intramolecular Hbond substituents is 3. The van der Waals surface area contributed by atoms with Crippen LogP contribution < -0.4 is 14.9 Å². The van der Waals surface area contributed by atoms with Crippen LogP contribution in [0.4, 0.5) is 0 Å². The van der Waals surface area contributed by atoms with Crippen LogP contribution in [0.3, 0.4) is 0 Å². The van der Waals surface area contributed by atoms with E-state index in [0.29, 0.717) is 5.56 Å². The summed E-state index contributed by atoms with van der Waals surface area (Å²) < 4.78 is 44.4. The number of aromatic hydroxyl groups is 3. The summed E-state index contributed by atoms with van der Waals surface area (Å²) in [4.78, 5) is 26.2. The molecule has 358 valence electrons. The molecule has 0 unspecified atom stereocenters. The first-order chi connectivity index (χ1) is 31.4. The quantitative estimate of drug-likeness (QED) is 0.0482. The van der Waals surface area contributed by atoms with Crippen LogP contribution >= 0.6 is 0 Å². The zero-order chi connectivity index (χ0) is 47.7. The van der Waals surface area contributed by atoms with Gasteiger partial charge >= 0.3 is 5.97 Å². The van der Waals surface area contributed by atoms with E-state index in [2.05, 4.69) is 0 Å². The number of aliphatic hydroxyl groups excluding tert-OH is 10. The van der Waals surface area contributed by atoms with Crippen LogP contribution in [0.2, 0.25) is 0 Å². The molecular formula is C43H48O23. The first-order valence-corrected chi connectivity index (χ1v) is 20.3. The predicted molar refractivity (Wildman–Crippen MR) is 219 cm³/mol. The summed E-state index contributed by atoms with van der Waals surface area (Å²) in [6.45, 7) is -2.31. The minimum absolute atomic E-state index is 0.0779. The van der Waals surface area contributed by atoms with Gasteiger partial charge in [-0.3, -0.25) is 4.79 Å². The number of aliphatic hydroxyl groups is 10. The van der Waals surface area contributed by atoms with Gasteiger partial charge in [0.25, 0.3) is 0 Å². The lowest BCUT2D eigenvalue weighted by Gasteiger charge is -2.46. The largest absolute Gasteiger partial charge is 0.507 e. The third kappa shape index (κ3) is 9.67. The average molecular weight is 933 g/mol. The molecule has 3 aliphatic heterocycles. The third-order valence-corrected chi connectivity index (χ3v) is 11.4. The summed E-state index contributed by atoms with van der Waals surface area (Å²) in [5.41, 5.74) is -1.12. The topological polar surface area (TPSA) is 375 Å². The highest BCUT2D eigenvalue weighted by molar-refractivity contribution is 5.88. The Balaban J connectivity index is 1.11. The molecule has 3 saturated heterocycles. The molecule has 0 aliphatic carbocycles. The van der Waals surface area contributed by atoms with Crippen molar-refractivity contribution in [1.29, 1.82) is 0 Å². The molecule has 1 aromatic heterocycles. The number of benzene rings is 3. The molecule has 3 fully saturated rings. The molecule has 7 rings (SSSR count). The predicted octanol–water partition coefficient (Wildman–Crippen LogP) is -2.63. The molecule has 0 spiro atoms. The van der Waals surface area contributed by atoms with Crippen molar-refractivity contribution < 1.29 is 109 Å². The Morgan fingerprint density at radius 1 is 0.697 bits per heavy atom. The van der Waals surface area contributed by atoms with Crippen molar-refractivity contribution in [1.82, 2.24) is 0 Å². The van der Waals surface area contributed by atoms with Gasteiger partial charge in [0.2, 0.25) is 6.29 Å². The molecule has 0 amide bonds. The van der Waals surface area contributed by atoms with Crippen molar-refractivity contribution in [3.05, 3.63) is 82.0 Å². The van der Waals surface area contributed by atoms with E-state index in [1.165, 1.54) is 55.7 Å². The normalized spacial score (nSPS) is 32.6. The van der Waals surface area contributed by atoms with E-state index < -0.39 is 146 Å². The molecule has 23 nitrogen and oxygen atoms in total. The summed E-state index contributed by atoms with van der Waals surface area (Å²) in [5, 5.41) is 137. The molecule has 0 bridgehead atoms. The maximum absolute atomic E-state index is 13.7. The van der Waals surface area contributed by atoms with Crippen molar-refractivity contribution in [2.75, 3.05) is 26.9 Å². The van der Waals surface area contributed by atoms with Crippen LogP contribution in [0.1, 0.15) is 17.2 Å². The maximum Gasteiger partial charge on any atom is 0.330 e. The van der Waals surface area contributed by atoms with Gasteiger partial charge in [-0.25, -0.2) is 4.79 Å². The number of hydrogen-bond donors (Lipinski definition) is 13. The monoisotopic (exact) mass is 932 g/mol. The van der Waals surface area contributed by atoms with E-state index in [4.69, 9.17) is 37.6 Å². The Morgan fingerprint density at radius 3 is 1.98 bits per heavy atom. The zero-order valence-electron chi connectivity index (χ0n) is 34.5. The number of carbonyl (C=O) groups is 1. The van der Waals surface area contributed by atoms with Gasteiger partial charge in [-0.15, -0.1) is 0 Å². The Bertz CT molecular complexity index is 2420. The highest BCUT2D eigenvalue weighted by atomic mass is 16.7. The summed E-state index contributed by atoms with van der Waals surface area (Å²) in [6.07, 6.45) is -24.2. The minimum atomic E-state index is -2.07. The molecule has 3 aromatic carbocycles. The zero-order valence-corrected chi connectivity index (χ0v) is 34.5. The molecular weight excluding hydrogens is 884 g/mol. The molecule has 0 radical (unpaired) electrons. The van der Waals surface area contributed by atoms with E-state index in [-0.39, 0.29) is 34.2 Å². The Morgan fingerprint density at radius 2 is 1.32 bits per heavy atom. The van der Waals surface area contributed by atoms with Gasteiger partial charge in [0.05, 0.1) is 25.9 Å². The van der Waals surface area contributed by atoms with Crippen molar-refractivity contribution >= 4 is 23.0 Å². The van der Waals surface area contributed by atoms with Gasteiger partial charge in [0.1, 0.15) is 120 Å². The standard InChI is InChI=1S/C43H48O23/c1-59-23-10-16(2-8-19(23)46)3-9-28(49)60-15-27-33(52)36(55)39(58)43(65-27)66-41-37(56)32(51)25(13-44)63-40(41)30-21(48)12-24-29(34(30)53)20(47)11-22(62-24)17-4-6-18(7-5-17)61-42-38(57)35(54)31(50)26(14-45)64-42/h2-12,25-27,31-33,35-46,48,50-58H,13-15H2,1H3/b9-3+/t25-,26-,27+,31+,32+,33-,35+,36-,37+,38+,39+,40-,41-,42+,43+/m1/s1. The molecule has 66 heavy (non-hydrogen) atoms. The summed E-state index contributed by atoms with van der Waals surface area (Å²) in [5.74, 6) is -2.69. The minimum Gasteiger partial charge on any atom is -0.507 e. The van der Waals surface area contributed by atoms with E-state index in [1.54, 1.807) is 0 Å². The number of ether oxygens (including phenoxy) is 7. The maximum atomic E-state index is 13.7. The lowest BCUT2D eigenvalue weighted by Crippen LogP contribution is -2.63. The lowest BCUT2D eigenvalue weighted by atomic mass is 9.89. The highest BCUT2D eigenvalue weighted by Crippen LogP contribution is 2.46. The van der Waals surface area contributed by atoms with Crippen LogP contribution in [0, 0.1) is 0 Å². The van der Waals surface area contributed by atoms with Gasteiger partial charge in [-0.2, -0.15) is 0 Å². The van der Waals surface area contributed by atoms with Crippen LogP contribution in [0.15, 0.2) is 69.9 Å². The van der Waals surface area contributed by atoms with Crippen molar-refractivity contribution in [3.8, 4) is 40.1 Å². The Kier molecular flexibility index (Phi) is 14.8. The van der Waals surface area contributed by atoms with Crippen molar-refractivity contribution in [2.24, 2.45) is 0 Å². The number of hydrogen-bond acceptors (Lipinski definition) is 23. The number of rotatable bonds is 13. The molecule has 23 heteroatoms. The summed E-state index contributed by atoms with van der Waals surface area (Å²) in [7, 11) is 1.34. The van der Waals surface area contributed by atoms with Gasteiger partial charge in [0.15, 0.2) is 23.2 Å². The molecule has 3 aliphatic rings. The molecule has 0 saturated carbocycles. The number of phenols is 3. The van der Waals surface area contributed by atoms with Gasteiger partial charge in [0, 0.05) is 23.8 Å². The van der Waals surface area contributed by atoms with Gasteiger partial charge in [-0.05, 0) is 48.0 Å². The van der Waals surface area contributed by atoms with Gasteiger partial charge in [-0.1, -0.05) is 6.07 Å². The lowest BCUT2D eigenvalue weighted by molar-refractivity contribution is -0.342. The SMILES string of the molecule is COc1cc(/C=C/C(=O)OC[C@@H]2O[C@@H](O[C@@H]3[C@@H](O)[C@@H](O)[C@@H](CO)O[C@@H]3c3c(O)cc4oc(-c5ccc(O[C@H]6O[C@H](CO)[C@H](O)[C@H](O)[C@@H]6O)cc5)cc(=O)c4c3O)[C@@H](O)[C@H](O)[C@@H]2O)ccc1O. The van der Waals surface area contributed by atoms with Crippen LogP contribution in [-0.4, -0.2) is 185 Å². The highest BCUT2D eigenvalue weighted by Gasteiger charge is 2.52. The second kappa shape index (κ2) is 20.2. The fraction of sp³-hybridized carbons (Fsp3) is 0.442. The summed E-state index contributed by atoms with van der Waals surface area (Å²) in [6, 6.07) is 11.8. The number of esters is 1. The second-order valence-corrected chi connectivity index (χ2v) is 15.6. The Labute approximate surface area is 372 Å². The van der Waals surface area contributed by atoms with Crippen LogP contribution in [0.25, 0.3) is 28.4 Å². The number of methoxy groups -OCH3 is 1. The van der Waals surface area contributed by atoms with Crippen molar-refractivity contribution in [2.45, 2.75) is 91.9 Å².